The monoisotopic (exact) mass is 337 g/mol. The summed E-state index contributed by atoms with van der Waals surface area (Å²) in [6.45, 7) is 0.379. The first kappa shape index (κ1) is 18.0. The Labute approximate surface area is 138 Å². The summed E-state index contributed by atoms with van der Waals surface area (Å²) in [5, 5.41) is 11.7. The van der Waals surface area contributed by atoms with Crippen LogP contribution in [0, 0.1) is 0 Å². The first-order valence-corrected chi connectivity index (χ1v) is 7.50. The Bertz CT molecular complexity index is 681. The number of hydrogen-bond acceptors (Lipinski definition) is 2. The average molecular weight is 337 g/mol. The quantitative estimate of drug-likeness (QED) is 0.851. The van der Waals surface area contributed by atoms with Gasteiger partial charge in [0.1, 0.15) is 0 Å². The van der Waals surface area contributed by atoms with E-state index in [-0.39, 0.29) is 18.9 Å². The summed E-state index contributed by atoms with van der Waals surface area (Å²) in [7, 11) is 0. The van der Waals surface area contributed by atoms with Crippen LogP contribution in [0.2, 0.25) is 0 Å². The number of amides is 1. The number of benzene rings is 2. The fraction of sp³-hybridized carbons (Fsp3) is 0.278. The van der Waals surface area contributed by atoms with Crippen molar-refractivity contribution in [2.45, 2.75) is 25.6 Å². The lowest BCUT2D eigenvalue weighted by molar-refractivity contribution is -0.137. The van der Waals surface area contributed by atoms with Crippen molar-refractivity contribution < 1.29 is 23.1 Å². The maximum atomic E-state index is 12.6. The summed E-state index contributed by atoms with van der Waals surface area (Å²) in [4.78, 5) is 11.8. The van der Waals surface area contributed by atoms with Crippen molar-refractivity contribution in [2.24, 2.45) is 0 Å². The first-order chi connectivity index (χ1) is 11.4. The summed E-state index contributed by atoms with van der Waals surface area (Å²) in [5.41, 5.74) is 1.39. The molecule has 0 saturated carbocycles. The molecule has 0 spiro atoms. The molecule has 2 N–H and O–H groups in total. The summed E-state index contributed by atoms with van der Waals surface area (Å²) < 4.78 is 37.9. The molecule has 1 amide bonds. The Hall–Kier alpha value is -2.34. The van der Waals surface area contributed by atoms with E-state index < -0.39 is 11.7 Å². The van der Waals surface area contributed by atoms with Gasteiger partial charge in [-0.05, 0) is 29.2 Å². The standard InChI is InChI=1S/C18H18F3NO2/c19-18(20,21)16-3-1-2-15(10-16)11-17(24)22-9-8-13-4-6-14(12-23)7-5-13/h1-7,10,23H,8-9,11-12H2,(H,22,24). The topological polar surface area (TPSA) is 49.3 Å². The van der Waals surface area contributed by atoms with Gasteiger partial charge in [0.15, 0.2) is 0 Å². The van der Waals surface area contributed by atoms with Gasteiger partial charge >= 0.3 is 6.18 Å². The third-order valence-electron chi connectivity index (χ3n) is 3.56. The van der Waals surface area contributed by atoms with Crippen LogP contribution >= 0.6 is 0 Å². The second-order valence-corrected chi connectivity index (χ2v) is 5.45. The van der Waals surface area contributed by atoms with Gasteiger partial charge < -0.3 is 10.4 Å². The Morgan fingerprint density at radius 1 is 1.00 bits per heavy atom. The van der Waals surface area contributed by atoms with E-state index in [0.29, 0.717) is 18.5 Å². The van der Waals surface area contributed by atoms with Crippen molar-refractivity contribution >= 4 is 5.91 Å². The molecule has 0 bridgehead atoms. The van der Waals surface area contributed by atoms with Crippen LogP contribution in [0.15, 0.2) is 48.5 Å². The van der Waals surface area contributed by atoms with E-state index in [0.717, 1.165) is 23.3 Å². The van der Waals surface area contributed by atoms with E-state index in [4.69, 9.17) is 5.11 Å². The lowest BCUT2D eigenvalue weighted by atomic mass is 10.1. The molecule has 0 aliphatic carbocycles. The maximum absolute atomic E-state index is 12.6. The number of carbonyl (C=O) groups excluding carboxylic acids is 1. The van der Waals surface area contributed by atoms with Gasteiger partial charge in [-0.1, -0.05) is 42.5 Å². The second-order valence-electron chi connectivity index (χ2n) is 5.45. The highest BCUT2D eigenvalue weighted by molar-refractivity contribution is 5.78. The van der Waals surface area contributed by atoms with Crippen molar-refractivity contribution in [1.82, 2.24) is 5.32 Å². The van der Waals surface area contributed by atoms with E-state index in [2.05, 4.69) is 5.32 Å². The minimum absolute atomic E-state index is 0.0198. The molecular formula is C18H18F3NO2. The van der Waals surface area contributed by atoms with E-state index in [1.165, 1.54) is 12.1 Å². The molecule has 6 heteroatoms. The van der Waals surface area contributed by atoms with Crippen molar-refractivity contribution in [1.29, 1.82) is 0 Å². The van der Waals surface area contributed by atoms with Crippen molar-refractivity contribution in [2.75, 3.05) is 6.54 Å². The highest BCUT2D eigenvalue weighted by atomic mass is 19.4. The van der Waals surface area contributed by atoms with Gasteiger partial charge in [0, 0.05) is 6.54 Å². The highest BCUT2D eigenvalue weighted by Gasteiger charge is 2.30. The zero-order valence-electron chi connectivity index (χ0n) is 12.9. The van der Waals surface area contributed by atoms with Crippen LogP contribution in [0.1, 0.15) is 22.3 Å². The van der Waals surface area contributed by atoms with Gasteiger partial charge in [-0.2, -0.15) is 13.2 Å². The van der Waals surface area contributed by atoms with Gasteiger partial charge in [-0.25, -0.2) is 0 Å². The molecule has 128 valence electrons. The molecule has 0 atom stereocenters. The van der Waals surface area contributed by atoms with Gasteiger partial charge in [0.25, 0.3) is 0 Å². The SMILES string of the molecule is O=C(Cc1cccc(C(F)(F)F)c1)NCCc1ccc(CO)cc1. The lowest BCUT2D eigenvalue weighted by Crippen LogP contribution is -2.27. The van der Waals surface area contributed by atoms with Crippen molar-refractivity contribution in [3.63, 3.8) is 0 Å². The molecule has 0 aromatic heterocycles. The van der Waals surface area contributed by atoms with Crippen LogP contribution < -0.4 is 5.32 Å². The lowest BCUT2D eigenvalue weighted by Gasteiger charge is -2.09. The Morgan fingerprint density at radius 2 is 1.67 bits per heavy atom. The molecule has 2 aromatic rings. The van der Waals surface area contributed by atoms with Crippen LogP contribution in [0.4, 0.5) is 13.2 Å². The van der Waals surface area contributed by atoms with Crippen molar-refractivity contribution in [3.8, 4) is 0 Å². The van der Waals surface area contributed by atoms with Crippen molar-refractivity contribution in [3.05, 3.63) is 70.8 Å². The maximum Gasteiger partial charge on any atom is 0.416 e. The van der Waals surface area contributed by atoms with Crippen LogP contribution in [0.5, 0.6) is 0 Å². The van der Waals surface area contributed by atoms with Gasteiger partial charge in [-0.15, -0.1) is 0 Å². The minimum atomic E-state index is -4.41. The number of nitrogens with one attached hydrogen (secondary N) is 1. The zero-order valence-corrected chi connectivity index (χ0v) is 12.9. The second kappa shape index (κ2) is 7.97. The highest BCUT2D eigenvalue weighted by Crippen LogP contribution is 2.29. The number of aliphatic hydroxyl groups excluding tert-OH is 1. The van der Waals surface area contributed by atoms with E-state index in [1.54, 1.807) is 12.1 Å². The summed E-state index contributed by atoms with van der Waals surface area (Å²) in [5.74, 6) is -0.318. The van der Waals surface area contributed by atoms with Crippen LogP contribution in [-0.4, -0.2) is 17.6 Å². The summed E-state index contributed by atoms with van der Waals surface area (Å²) >= 11 is 0. The molecule has 3 nitrogen and oxygen atoms in total. The third kappa shape index (κ3) is 5.38. The van der Waals surface area contributed by atoms with Crippen LogP contribution in [0.25, 0.3) is 0 Å². The molecule has 0 saturated heterocycles. The summed E-state index contributed by atoms with van der Waals surface area (Å²) in [6.07, 6.45) is -3.89. The molecule has 2 aromatic carbocycles. The number of rotatable bonds is 6. The van der Waals surface area contributed by atoms with Gasteiger partial charge in [-0.3, -0.25) is 4.79 Å². The number of halogens is 3. The normalized spacial score (nSPS) is 11.3. The third-order valence-corrected chi connectivity index (χ3v) is 3.56. The number of alkyl halides is 3. The molecule has 0 fully saturated rings. The molecule has 0 aliphatic heterocycles. The molecule has 0 heterocycles. The summed E-state index contributed by atoms with van der Waals surface area (Å²) in [6, 6.07) is 12.1. The number of carbonyl (C=O) groups is 1. The molecular weight excluding hydrogens is 319 g/mol. The molecule has 24 heavy (non-hydrogen) atoms. The van der Waals surface area contributed by atoms with E-state index in [1.807, 2.05) is 12.1 Å². The Kier molecular flexibility index (Phi) is 5.98. The van der Waals surface area contributed by atoms with E-state index in [9.17, 15) is 18.0 Å². The largest absolute Gasteiger partial charge is 0.416 e. The van der Waals surface area contributed by atoms with Gasteiger partial charge in [0.2, 0.25) is 5.91 Å². The number of aliphatic hydroxyl groups is 1. The smallest absolute Gasteiger partial charge is 0.392 e. The molecule has 2 rings (SSSR count). The fourth-order valence-electron chi connectivity index (χ4n) is 2.26. The molecule has 0 radical (unpaired) electrons. The van der Waals surface area contributed by atoms with Crippen LogP contribution in [-0.2, 0) is 30.4 Å². The average Bonchev–Trinajstić information content (AvgIpc) is 2.55. The molecule has 0 aliphatic rings. The zero-order chi connectivity index (χ0) is 17.6. The van der Waals surface area contributed by atoms with Gasteiger partial charge in [0.05, 0.1) is 18.6 Å². The number of hydrogen-bond donors (Lipinski definition) is 2. The predicted molar refractivity (Wildman–Crippen MR) is 84.2 cm³/mol. The van der Waals surface area contributed by atoms with E-state index >= 15 is 0 Å². The van der Waals surface area contributed by atoms with Crippen LogP contribution in [0.3, 0.4) is 0 Å². The fourth-order valence-corrected chi connectivity index (χ4v) is 2.26. The predicted octanol–water partition coefficient (Wildman–Crippen LogP) is 3.10. The molecule has 0 unspecified atom stereocenters. The Balaban J connectivity index is 1.83. The first-order valence-electron chi connectivity index (χ1n) is 7.50. The minimum Gasteiger partial charge on any atom is -0.392 e. The Morgan fingerprint density at radius 3 is 2.29 bits per heavy atom.